The van der Waals surface area contributed by atoms with Gasteiger partial charge >= 0.3 is 0 Å². The number of hydrogen-bond donors (Lipinski definition) is 2. The van der Waals surface area contributed by atoms with Crippen LogP contribution in [0.25, 0.3) is 0 Å². The maximum Gasteiger partial charge on any atom is 0.274 e. The SMILES string of the molecule is CCc1cc(C(=O)N2CCCC[C@H]2c2ncn[nH]2)n[nH]1. The van der Waals surface area contributed by atoms with Gasteiger partial charge in [-0.1, -0.05) is 6.92 Å². The van der Waals surface area contributed by atoms with E-state index in [1.54, 1.807) is 0 Å². The predicted octanol–water partition coefficient (Wildman–Crippen LogP) is 1.46. The van der Waals surface area contributed by atoms with Crippen molar-refractivity contribution in [3.8, 4) is 0 Å². The Morgan fingerprint density at radius 1 is 1.45 bits per heavy atom. The number of nitrogens with zero attached hydrogens (tertiary/aromatic N) is 4. The zero-order valence-corrected chi connectivity index (χ0v) is 11.5. The van der Waals surface area contributed by atoms with Crippen LogP contribution in [0.2, 0.25) is 0 Å². The highest BCUT2D eigenvalue weighted by molar-refractivity contribution is 5.92. The van der Waals surface area contributed by atoms with Crippen molar-refractivity contribution in [2.24, 2.45) is 0 Å². The molecule has 0 radical (unpaired) electrons. The summed E-state index contributed by atoms with van der Waals surface area (Å²) in [6.07, 6.45) is 5.34. The summed E-state index contributed by atoms with van der Waals surface area (Å²) in [7, 11) is 0. The van der Waals surface area contributed by atoms with Crippen LogP contribution in [0.1, 0.15) is 54.2 Å². The number of rotatable bonds is 3. The molecule has 0 aromatic carbocycles. The van der Waals surface area contributed by atoms with Crippen molar-refractivity contribution < 1.29 is 4.79 Å². The van der Waals surface area contributed by atoms with Gasteiger partial charge in [-0.05, 0) is 31.7 Å². The van der Waals surface area contributed by atoms with E-state index in [2.05, 4.69) is 25.4 Å². The minimum atomic E-state index is -0.0398. The van der Waals surface area contributed by atoms with Crippen LogP contribution in [-0.4, -0.2) is 42.7 Å². The van der Waals surface area contributed by atoms with E-state index in [0.717, 1.165) is 43.7 Å². The van der Waals surface area contributed by atoms with Crippen LogP contribution in [0.15, 0.2) is 12.4 Å². The van der Waals surface area contributed by atoms with Gasteiger partial charge in [-0.2, -0.15) is 10.2 Å². The van der Waals surface area contributed by atoms with Crippen LogP contribution >= 0.6 is 0 Å². The number of hydrogen-bond acceptors (Lipinski definition) is 4. The summed E-state index contributed by atoms with van der Waals surface area (Å²) in [5.74, 6) is 0.714. The molecule has 1 amide bonds. The summed E-state index contributed by atoms with van der Waals surface area (Å²) in [6.45, 7) is 2.76. The molecule has 0 bridgehead atoms. The molecule has 106 valence electrons. The molecule has 1 saturated heterocycles. The molecule has 20 heavy (non-hydrogen) atoms. The number of amides is 1. The molecule has 0 aliphatic carbocycles. The quantitative estimate of drug-likeness (QED) is 0.886. The van der Waals surface area contributed by atoms with E-state index in [0.29, 0.717) is 5.69 Å². The molecule has 0 saturated carbocycles. The van der Waals surface area contributed by atoms with E-state index < -0.39 is 0 Å². The molecule has 0 spiro atoms. The van der Waals surface area contributed by atoms with E-state index in [9.17, 15) is 4.79 Å². The number of aromatic nitrogens is 5. The molecule has 1 aliphatic rings. The first-order chi connectivity index (χ1) is 9.79. The summed E-state index contributed by atoms with van der Waals surface area (Å²) in [6, 6.07) is 1.80. The Balaban J connectivity index is 1.84. The summed E-state index contributed by atoms with van der Waals surface area (Å²) in [5, 5.41) is 13.8. The Kier molecular flexibility index (Phi) is 3.49. The van der Waals surface area contributed by atoms with Crippen LogP contribution in [-0.2, 0) is 6.42 Å². The Labute approximate surface area is 116 Å². The fraction of sp³-hybridized carbons (Fsp3) is 0.538. The van der Waals surface area contributed by atoms with E-state index in [1.807, 2.05) is 17.9 Å². The fourth-order valence-corrected chi connectivity index (χ4v) is 2.63. The smallest absolute Gasteiger partial charge is 0.274 e. The lowest BCUT2D eigenvalue weighted by Gasteiger charge is -2.33. The molecule has 2 aromatic heterocycles. The normalized spacial score (nSPS) is 19.2. The van der Waals surface area contributed by atoms with Crippen LogP contribution in [0.4, 0.5) is 0 Å². The number of carbonyl (C=O) groups excluding carboxylic acids is 1. The molecule has 7 nitrogen and oxygen atoms in total. The summed E-state index contributed by atoms with van der Waals surface area (Å²) in [5.41, 5.74) is 1.45. The van der Waals surface area contributed by atoms with E-state index in [4.69, 9.17) is 0 Å². The molecule has 2 aromatic rings. The number of piperidine rings is 1. The van der Waals surface area contributed by atoms with Gasteiger partial charge in [0.2, 0.25) is 0 Å². The van der Waals surface area contributed by atoms with Crippen LogP contribution in [0.3, 0.4) is 0 Å². The van der Waals surface area contributed by atoms with Crippen LogP contribution < -0.4 is 0 Å². The van der Waals surface area contributed by atoms with Crippen LogP contribution in [0, 0.1) is 0 Å². The van der Waals surface area contributed by atoms with Crippen molar-refractivity contribution in [2.75, 3.05) is 6.54 Å². The van der Waals surface area contributed by atoms with Gasteiger partial charge in [-0.3, -0.25) is 15.0 Å². The Morgan fingerprint density at radius 3 is 3.05 bits per heavy atom. The Hall–Kier alpha value is -2.18. The lowest BCUT2D eigenvalue weighted by atomic mass is 10.0. The molecule has 1 fully saturated rings. The van der Waals surface area contributed by atoms with Crippen molar-refractivity contribution in [1.29, 1.82) is 0 Å². The average Bonchev–Trinajstić information content (AvgIpc) is 3.17. The summed E-state index contributed by atoms with van der Waals surface area (Å²) in [4.78, 5) is 18.7. The van der Waals surface area contributed by atoms with Gasteiger partial charge in [0.05, 0.1) is 6.04 Å². The highest BCUT2D eigenvalue weighted by Gasteiger charge is 2.31. The number of H-pyrrole nitrogens is 2. The Bertz CT molecular complexity index is 575. The third kappa shape index (κ3) is 2.31. The van der Waals surface area contributed by atoms with Gasteiger partial charge in [0, 0.05) is 12.2 Å². The minimum Gasteiger partial charge on any atom is -0.327 e. The van der Waals surface area contributed by atoms with Gasteiger partial charge in [0.15, 0.2) is 0 Å². The van der Waals surface area contributed by atoms with Crippen molar-refractivity contribution in [3.63, 3.8) is 0 Å². The third-order valence-corrected chi connectivity index (χ3v) is 3.74. The minimum absolute atomic E-state index is 0.0273. The predicted molar refractivity (Wildman–Crippen MR) is 72.0 cm³/mol. The third-order valence-electron chi connectivity index (χ3n) is 3.74. The van der Waals surface area contributed by atoms with Crippen molar-refractivity contribution >= 4 is 5.91 Å². The van der Waals surface area contributed by atoms with Crippen molar-refractivity contribution in [2.45, 2.75) is 38.6 Å². The number of nitrogens with one attached hydrogen (secondary N) is 2. The van der Waals surface area contributed by atoms with Crippen molar-refractivity contribution in [3.05, 3.63) is 29.6 Å². The second kappa shape index (κ2) is 5.44. The second-order valence-electron chi connectivity index (χ2n) is 5.01. The zero-order valence-electron chi connectivity index (χ0n) is 11.5. The molecule has 1 atom stereocenters. The zero-order chi connectivity index (χ0) is 13.9. The first kappa shape index (κ1) is 12.8. The second-order valence-corrected chi connectivity index (χ2v) is 5.01. The standard InChI is InChI=1S/C13H18N6O/c1-2-9-7-10(17-16-9)13(20)19-6-4-3-5-11(19)12-14-8-15-18-12/h7-8,11H,2-6H2,1H3,(H,16,17)(H,14,15,18)/t11-/m0/s1. The number of likely N-dealkylation sites (tertiary alicyclic amines) is 1. The molecule has 3 rings (SSSR count). The molecular weight excluding hydrogens is 256 g/mol. The highest BCUT2D eigenvalue weighted by Crippen LogP contribution is 2.29. The Morgan fingerprint density at radius 2 is 2.35 bits per heavy atom. The van der Waals surface area contributed by atoms with Gasteiger partial charge in [0.1, 0.15) is 17.8 Å². The van der Waals surface area contributed by atoms with Gasteiger partial charge in [-0.25, -0.2) is 4.98 Å². The maximum atomic E-state index is 12.6. The van der Waals surface area contributed by atoms with E-state index >= 15 is 0 Å². The average molecular weight is 274 g/mol. The molecule has 7 heteroatoms. The monoisotopic (exact) mass is 274 g/mol. The number of aryl methyl sites for hydroxylation is 1. The number of carbonyl (C=O) groups is 1. The topological polar surface area (TPSA) is 90.6 Å². The van der Waals surface area contributed by atoms with Gasteiger partial charge in [0.25, 0.3) is 5.91 Å². The summed E-state index contributed by atoms with van der Waals surface area (Å²) < 4.78 is 0. The molecule has 3 heterocycles. The first-order valence-electron chi connectivity index (χ1n) is 7.00. The van der Waals surface area contributed by atoms with E-state index in [1.165, 1.54) is 6.33 Å². The van der Waals surface area contributed by atoms with Crippen LogP contribution in [0.5, 0.6) is 0 Å². The van der Waals surface area contributed by atoms with Crippen molar-refractivity contribution in [1.82, 2.24) is 30.3 Å². The molecule has 0 unspecified atom stereocenters. The lowest BCUT2D eigenvalue weighted by Crippen LogP contribution is -2.39. The maximum absolute atomic E-state index is 12.6. The first-order valence-corrected chi connectivity index (χ1v) is 7.00. The molecular formula is C13H18N6O. The van der Waals surface area contributed by atoms with E-state index in [-0.39, 0.29) is 11.9 Å². The van der Waals surface area contributed by atoms with Gasteiger partial charge in [-0.15, -0.1) is 0 Å². The largest absolute Gasteiger partial charge is 0.327 e. The molecule has 2 N–H and O–H groups in total. The fourth-order valence-electron chi connectivity index (χ4n) is 2.63. The lowest BCUT2D eigenvalue weighted by molar-refractivity contribution is 0.0594. The number of aromatic amines is 2. The highest BCUT2D eigenvalue weighted by atomic mass is 16.2. The summed E-state index contributed by atoms with van der Waals surface area (Å²) >= 11 is 0. The van der Waals surface area contributed by atoms with Gasteiger partial charge < -0.3 is 4.90 Å². The molecule has 1 aliphatic heterocycles.